The van der Waals surface area contributed by atoms with E-state index in [1.54, 1.807) is 11.3 Å². The van der Waals surface area contributed by atoms with Crippen molar-refractivity contribution < 1.29 is 8.42 Å². The van der Waals surface area contributed by atoms with Crippen LogP contribution in [-0.2, 0) is 16.4 Å². The first kappa shape index (κ1) is 17.6. The minimum Gasteiger partial charge on any atom is -0.317 e. The Morgan fingerprint density at radius 3 is 2.65 bits per heavy atom. The van der Waals surface area contributed by atoms with E-state index in [0.717, 1.165) is 25.9 Å². The second kappa shape index (κ2) is 8.77. The first-order chi connectivity index (χ1) is 9.43. The van der Waals surface area contributed by atoms with E-state index >= 15 is 0 Å². The number of hydrogen-bond donors (Lipinski definition) is 2. The van der Waals surface area contributed by atoms with Crippen LogP contribution in [0.1, 0.15) is 36.4 Å². The van der Waals surface area contributed by atoms with Gasteiger partial charge in [-0.15, -0.1) is 11.3 Å². The summed E-state index contributed by atoms with van der Waals surface area (Å²) in [7, 11) is -3.15. The Morgan fingerprint density at radius 2 is 2.05 bits per heavy atom. The fraction of sp³-hybridized carbons (Fsp3) is 0.714. The van der Waals surface area contributed by atoms with Gasteiger partial charge in [-0.25, -0.2) is 13.1 Å². The molecule has 0 aromatic carbocycles. The summed E-state index contributed by atoms with van der Waals surface area (Å²) in [6.45, 7) is 7.85. The molecular formula is C14H26N2O2S2. The Bertz CT molecular complexity index is 483. The van der Waals surface area contributed by atoms with E-state index < -0.39 is 10.0 Å². The van der Waals surface area contributed by atoms with Crippen molar-refractivity contribution >= 4 is 21.4 Å². The predicted octanol–water partition coefficient (Wildman–Crippen LogP) is 2.30. The molecule has 1 aromatic heterocycles. The molecule has 116 valence electrons. The van der Waals surface area contributed by atoms with Crippen molar-refractivity contribution in [2.45, 2.75) is 46.1 Å². The van der Waals surface area contributed by atoms with Gasteiger partial charge in [0.15, 0.2) is 0 Å². The second-order valence-corrected chi connectivity index (χ2v) is 8.36. The largest absolute Gasteiger partial charge is 0.317 e. The van der Waals surface area contributed by atoms with Crippen molar-refractivity contribution in [1.29, 1.82) is 0 Å². The average molecular weight is 319 g/mol. The van der Waals surface area contributed by atoms with Crippen molar-refractivity contribution in [2.75, 3.05) is 18.8 Å². The first-order valence-corrected chi connectivity index (χ1v) is 9.66. The molecule has 20 heavy (non-hydrogen) atoms. The highest BCUT2D eigenvalue weighted by Gasteiger charge is 2.14. The second-order valence-electron chi connectivity index (χ2n) is 5.11. The van der Waals surface area contributed by atoms with Gasteiger partial charge in [-0.2, -0.15) is 0 Å². The Kier molecular flexibility index (Phi) is 7.72. The molecule has 0 bridgehead atoms. The van der Waals surface area contributed by atoms with E-state index in [1.165, 1.54) is 9.75 Å². The Balaban J connectivity index is 2.30. The van der Waals surface area contributed by atoms with E-state index in [-0.39, 0.29) is 11.8 Å². The van der Waals surface area contributed by atoms with Crippen LogP contribution in [0.2, 0.25) is 0 Å². The van der Waals surface area contributed by atoms with Crippen molar-refractivity contribution in [1.82, 2.24) is 10.0 Å². The number of unbranched alkanes of at least 4 members (excludes halogenated alkanes) is 1. The lowest BCUT2D eigenvalue weighted by atomic mass is 10.2. The molecule has 0 radical (unpaired) electrons. The molecule has 0 aliphatic carbocycles. The van der Waals surface area contributed by atoms with E-state index in [2.05, 4.69) is 29.1 Å². The van der Waals surface area contributed by atoms with Crippen molar-refractivity contribution in [3.05, 3.63) is 21.9 Å². The lowest BCUT2D eigenvalue weighted by molar-refractivity contribution is 0.555. The lowest BCUT2D eigenvalue weighted by Crippen LogP contribution is -2.35. The van der Waals surface area contributed by atoms with Gasteiger partial charge in [0.2, 0.25) is 10.0 Å². The predicted molar refractivity (Wildman–Crippen MR) is 86.9 cm³/mol. The van der Waals surface area contributed by atoms with Crippen LogP contribution in [0.3, 0.4) is 0 Å². The monoisotopic (exact) mass is 318 g/mol. The number of nitrogens with one attached hydrogen (secondary N) is 2. The quantitative estimate of drug-likeness (QED) is 0.651. The summed E-state index contributed by atoms with van der Waals surface area (Å²) >= 11 is 1.73. The molecule has 0 amide bonds. The van der Waals surface area contributed by atoms with Gasteiger partial charge in [-0.05, 0) is 58.3 Å². The molecule has 0 fully saturated rings. The highest BCUT2D eigenvalue weighted by molar-refractivity contribution is 7.89. The van der Waals surface area contributed by atoms with Crippen LogP contribution in [0.5, 0.6) is 0 Å². The molecule has 0 aliphatic heterocycles. The zero-order chi connectivity index (χ0) is 15.0. The van der Waals surface area contributed by atoms with Gasteiger partial charge >= 0.3 is 0 Å². The molecule has 1 unspecified atom stereocenters. The summed E-state index contributed by atoms with van der Waals surface area (Å²) in [4.78, 5) is 2.49. The molecule has 2 N–H and O–H groups in total. The Hall–Kier alpha value is -0.430. The highest BCUT2D eigenvalue weighted by atomic mass is 32.2. The Labute approximate surface area is 127 Å². The van der Waals surface area contributed by atoms with Gasteiger partial charge < -0.3 is 5.32 Å². The third-order valence-corrected chi connectivity index (χ3v) is 5.56. The Morgan fingerprint density at radius 1 is 1.30 bits per heavy atom. The number of rotatable bonds is 10. The van der Waals surface area contributed by atoms with Gasteiger partial charge in [-0.1, -0.05) is 6.92 Å². The molecule has 0 saturated carbocycles. The molecule has 4 nitrogen and oxygen atoms in total. The summed E-state index contributed by atoms with van der Waals surface area (Å²) in [5.41, 5.74) is 0. The maximum absolute atomic E-state index is 11.9. The number of sulfonamides is 1. The minimum atomic E-state index is -3.15. The standard InChI is InChI=1S/C14H26N2O2S2/c1-4-15-9-5-6-10-20(17,18)16-12(2)11-14-8-7-13(3)19-14/h7-8,12,15-16H,4-6,9-11H2,1-3H3. The lowest BCUT2D eigenvalue weighted by Gasteiger charge is -2.13. The van der Waals surface area contributed by atoms with Crippen LogP contribution in [0.25, 0.3) is 0 Å². The van der Waals surface area contributed by atoms with E-state index in [4.69, 9.17) is 0 Å². The SMILES string of the molecule is CCNCCCCS(=O)(=O)NC(C)Cc1ccc(C)s1. The third-order valence-electron chi connectivity index (χ3n) is 2.95. The molecule has 1 rings (SSSR count). The van der Waals surface area contributed by atoms with Crippen molar-refractivity contribution in [2.24, 2.45) is 0 Å². The van der Waals surface area contributed by atoms with Crippen LogP contribution in [0.15, 0.2) is 12.1 Å². The fourth-order valence-corrected chi connectivity index (χ4v) is 4.44. The maximum Gasteiger partial charge on any atom is 0.211 e. The zero-order valence-electron chi connectivity index (χ0n) is 12.6. The van der Waals surface area contributed by atoms with Gasteiger partial charge in [0.05, 0.1) is 5.75 Å². The highest BCUT2D eigenvalue weighted by Crippen LogP contribution is 2.16. The van der Waals surface area contributed by atoms with Gasteiger partial charge in [0.25, 0.3) is 0 Å². The first-order valence-electron chi connectivity index (χ1n) is 7.19. The molecular weight excluding hydrogens is 292 g/mol. The van der Waals surface area contributed by atoms with E-state index in [9.17, 15) is 8.42 Å². The third kappa shape index (κ3) is 7.38. The summed E-state index contributed by atoms with van der Waals surface area (Å²) in [6.07, 6.45) is 2.36. The van der Waals surface area contributed by atoms with Crippen LogP contribution in [0.4, 0.5) is 0 Å². The summed E-state index contributed by atoms with van der Waals surface area (Å²) in [5.74, 6) is 0.214. The number of hydrogen-bond acceptors (Lipinski definition) is 4. The number of aryl methyl sites for hydroxylation is 1. The normalized spacial score (nSPS) is 13.6. The fourth-order valence-electron chi connectivity index (χ4n) is 2.02. The topological polar surface area (TPSA) is 58.2 Å². The smallest absolute Gasteiger partial charge is 0.211 e. The van der Waals surface area contributed by atoms with Gasteiger partial charge in [0.1, 0.15) is 0 Å². The molecule has 1 atom stereocenters. The molecule has 0 aliphatic rings. The van der Waals surface area contributed by atoms with Crippen LogP contribution in [-0.4, -0.2) is 33.3 Å². The van der Waals surface area contributed by atoms with E-state index in [0.29, 0.717) is 6.42 Å². The van der Waals surface area contributed by atoms with Gasteiger partial charge in [0, 0.05) is 15.8 Å². The number of thiophene rings is 1. The summed E-state index contributed by atoms with van der Waals surface area (Å²) in [6, 6.07) is 4.09. The van der Waals surface area contributed by atoms with Gasteiger partial charge in [-0.3, -0.25) is 0 Å². The molecule has 1 heterocycles. The zero-order valence-corrected chi connectivity index (χ0v) is 14.2. The molecule has 1 aromatic rings. The minimum absolute atomic E-state index is 0.0492. The summed E-state index contributed by atoms with van der Waals surface area (Å²) < 4.78 is 26.6. The average Bonchev–Trinajstić information content (AvgIpc) is 2.73. The summed E-state index contributed by atoms with van der Waals surface area (Å²) in [5, 5.41) is 3.20. The van der Waals surface area contributed by atoms with Crippen LogP contribution >= 0.6 is 11.3 Å². The molecule has 6 heteroatoms. The van der Waals surface area contributed by atoms with Crippen molar-refractivity contribution in [3.63, 3.8) is 0 Å². The van der Waals surface area contributed by atoms with Crippen LogP contribution < -0.4 is 10.0 Å². The maximum atomic E-state index is 11.9. The molecule has 0 saturated heterocycles. The molecule has 0 spiro atoms. The van der Waals surface area contributed by atoms with E-state index in [1.807, 2.05) is 13.8 Å². The van der Waals surface area contributed by atoms with Crippen molar-refractivity contribution in [3.8, 4) is 0 Å². The van der Waals surface area contributed by atoms with Crippen LogP contribution in [0, 0.1) is 6.92 Å².